The van der Waals surface area contributed by atoms with Crippen molar-refractivity contribution in [2.24, 2.45) is 45.8 Å². The Morgan fingerprint density at radius 1 is 0.960 bits per heavy atom. The third-order valence-electron chi connectivity index (χ3n) is 9.56. The van der Waals surface area contributed by atoms with Crippen molar-refractivity contribution in [3.63, 3.8) is 0 Å². The van der Waals surface area contributed by atoms with Crippen LogP contribution >= 0.6 is 0 Å². The largest absolute Gasteiger partial charge is 0.0816 e. The van der Waals surface area contributed by atoms with E-state index in [0.717, 1.165) is 29.6 Å². The fourth-order valence-electron chi connectivity index (χ4n) is 8.01. The zero-order valence-corrected chi connectivity index (χ0v) is 17.8. The van der Waals surface area contributed by atoms with Crippen LogP contribution in [-0.4, -0.2) is 0 Å². The maximum absolute atomic E-state index is 2.77. The van der Waals surface area contributed by atoms with Crippen LogP contribution in [0.15, 0.2) is 11.6 Å². The highest BCUT2D eigenvalue weighted by Gasteiger charge is 2.57. The lowest BCUT2D eigenvalue weighted by Crippen LogP contribution is -2.50. The Balaban J connectivity index is 1.58. The molecule has 0 N–H and O–H groups in total. The van der Waals surface area contributed by atoms with Gasteiger partial charge in [-0.3, -0.25) is 0 Å². The van der Waals surface area contributed by atoms with Crippen molar-refractivity contribution in [3.05, 3.63) is 11.6 Å². The van der Waals surface area contributed by atoms with Gasteiger partial charge in [0.15, 0.2) is 0 Å². The molecule has 6 unspecified atom stereocenters. The summed E-state index contributed by atoms with van der Waals surface area (Å²) in [7, 11) is 0. The smallest absolute Gasteiger partial charge is 0.00851 e. The maximum Gasteiger partial charge on any atom is -0.00851 e. The fourth-order valence-corrected chi connectivity index (χ4v) is 8.01. The Hall–Kier alpha value is -0.260. The lowest BCUT2D eigenvalue weighted by molar-refractivity contribution is -0.0508. The molecular formula is C25H42. The minimum absolute atomic E-state index is 0.472. The van der Waals surface area contributed by atoms with Crippen LogP contribution in [0.25, 0.3) is 0 Å². The van der Waals surface area contributed by atoms with Crippen LogP contribution in [0.5, 0.6) is 0 Å². The van der Waals surface area contributed by atoms with Crippen molar-refractivity contribution in [3.8, 4) is 0 Å². The van der Waals surface area contributed by atoms with Crippen LogP contribution in [0.4, 0.5) is 0 Å². The molecule has 0 aliphatic heterocycles. The van der Waals surface area contributed by atoms with Gasteiger partial charge >= 0.3 is 0 Å². The average molecular weight is 343 g/mol. The Bertz CT molecular complexity index is 549. The van der Waals surface area contributed by atoms with Crippen molar-refractivity contribution < 1.29 is 0 Å². The number of hydrogen-bond acceptors (Lipinski definition) is 0. The van der Waals surface area contributed by atoms with E-state index in [2.05, 4.69) is 47.6 Å². The van der Waals surface area contributed by atoms with Gasteiger partial charge in [0.25, 0.3) is 0 Å². The van der Waals surface area contributed by atoms with Gasteiger partial charge < -0.3 is 0 Å². The lowest BCUT2D eigenvalue weighted by Gasteiger charge is -2.58. The van der Waals surface area contributed by atoms with Crippen molar-refractivity contribution >= 4 is 0 Å². The second-order valence-electron chi connectivity index (χ2n) is 12.1. The Morgan fingerprint density at radius 2 is 1.72 bits per heavy atom. The van der Waals surface area contributed by atoms with Gasteiger partial charge in [-0.15, -0.1) is 0 Å². The third kappa shape index (κ3) is 2.85. The van der Waals surface area contributed by atoms with Gasteiger partial charge in [-0.2, -0.15) is 0 Å². The Kier molecular flexibility index (Phi) is 4.25. The molecule has 0 nitrogen and oxygen atoms in total. The van der Waals surface area contributed by atoms with Gasteiger partial charge in [0.2, 0.25) is 0 Å². The van der Waals surface area contributed by atoms with Crippen LogP contribution in [0.1, 0.15) is 99.3 Å². The van der Waals surface area contributed by atoms with E-state index < -0.39 is 0 Å². The summed E-state index contributed by atoms with van der Waals surface area (Å²) < 4.78 is 0. The molecule has 142 valence electrons. The maximum atomic E-state index is 2.77. The monoisotopic (exact) mass is 342 g/mol. The molecule has 0 heteroatoms. The minimum atomic E-state index is 0.472. The van der Waals surface area contributed by atoms with Gasteiger partial charge in [-0.25, -0.2) is 0 Å². The van der Waals surface area contributed by atoms with Crippen molar-refractivity contribution in [2.75, 3.05) is 0 Å². The topological polar surface area (TPSA) is 0 Å². The lowest BCUT2D eigenvalue weighted by atomic mass is 9.46. The molecule has 0 bridgehead atoms. The molecule has 7 atom stereocenters. The van der Waals surface area contributed by atoms with Crippen LogP contribution in [0, 0.1) is 45.8 Å². The summed E-state index contributed by atoms with van der Waals surface area (Å²) in [6.45, 7) is 15.1. The number of fused-ring (bicyclic) bond motifs is 5. The average Bonchev–Trinajstić information content (AvgIpc) is 2.82. The summed E-state index contributed by atoms with van der Waals surface area (Å²) in [6.07, 6.45) is 16.0. The van der Waals surface area contributed by atoms with E-state index in [9.17, 15) is 0 Å². The highest BCUT2D eigenvalue weighted by atomic mass is 14.6. The van der Waals surface area contributed by atoms with Gasteiger partial charge in [0.1, 0.15) is 0 Å². The van der Waals surface area contributed by atoms with Gasteiger partial charge in [0, 0.05) is 0 Å². The molecule has 0 amide bonds. The number of rotatable bonds is 1. The predicted octanol–water partition coefficient (Wildman–Crippen LogP) is 7.64. The summed E-state index contributed by atoms with van der Waals surface area (Å²) in [5.74, 6) is 4.87. The predicted molar refractivity (Wildman–Crippen MR) is 108 cm³/mol. The van der Waals surface area contributed by atoms with E-state index in [0.29, 0.717) is 16.2 Å². The number of allylic oxidation sites excluding steroid dienone is 2. The SMILES string of the molecule is CC1CCC2C3CCC4=C[C@H](CC(C)(C)C)CCC4(C)C3CCC12C. The molecule has 0 spiro atoms. The molecule has 25 heavy (non-hydrogen) atoms. The van der Waals surface area contributed by atoms with Crippen LogP contribution < -0.4 is 0 Å². The second-order valence-corrected chi connectivity index (χ2v) is 12.1. The third-order valence-corrected chi connectivity index (χ3v) is 9.56. The van der Waals surface area contributed by atoms with Crippen LogP contribution in [-0.2, 0) is 0 Å². The molecule has 4 rings (SSSR count). The normalized spacial score (nSPS) is 49.8. The highest BCUT2D eigenvalue weighted by Crippen LogP contribution is 2.66. The Labute approximate surface area is 157 Å². The fraction of sp³-hybridized carbons (Fsp3) is 0.920. The molecule has 4 aliphatic carbocycles. The van der Waals surface area contributed by atoms with Crippen molar-refractivity contribution in [2.45, 2.75) is 99.3 Å². The molecule has 0 aromatic rings. The Morgan fingerprint density at radius 3 is 2.44 bits per heavy atom. The quantitative estimate of drug-likeness (QED) is 0.429. The first-order valence-electron chi connectivity index (χ1n) is 11.3. The van der Waals surface area contributed by atoms with Crippen molar-refractivity contribution in [1.29, 1.82) is 0 Å². The molecule has 3 saturated carbocycles. The molecule has 0 radical (unpaired) electrons. The number of hydrogen-bond donors (Lipinski definition) is 0. The van der Waals surface area contributed by atoms with Crippen molar-refractivity contribution in [1.82, 2.24) is 0 Å². The van der Waals surface area contributed by atoms with E-state index in [1.807, 2.05) is 5.57 Å². The molecule has 0 aromatic heterocycles. The summed E-state index contributed by atoms with van der Waals surface area (Å²) in [5.41, 5.74) is 3.57. The van der Waals surface area contributed by atoms with E-state index >= 15 is 0 Å². The standard InChI is InChI=1S/C25H42/c1-17-7-10-21-20-9-8-19-15-18(16-23(2,3)4)11-13-25(19,6)22(20)12-14-24(17,21)5/h15,17-18,20-22H,7-14,16H2,1-6H3/t17?,18-,20?,21?,22?,24?,25?/m1/s1. The van der Waals surface area contributed by atoms with Gasteiger partial charge in [-0.1, -0.05) is 53.2 Å². The molecule has 4 aliphatic rings. The molecule has 0 saturated heterocycles. The first-order valence-corrected chi connectivity index (χ1v) is 11.3. The highest BCUT2D eigenvalue weighted by molar-refractivity contribution is 5.25. The van der Waals surface area contributed by atoms with E-state index in [1.54, 1.807) is 0 Å². The summed E-state index contributed by atoms with van der Waals surface area (Å²) in [4.78, 5) is 0. The minimum Gasteiger partial charge on any atom is -0.0816 e. The molecule has 3 fully saturated rings. The van der Waals surface area contributed by atoms with E-state index in [4.69, 9.17) is 0 Å². The van der Waals surface area contributed by atoms with E-state index in [-0.39, 0.29) is 0 Å². The second kappa shape index (κ2) is 5.87. The summed E-state index contributed by atoms with van der Waals surface area (Å²) in [6, 6.07) is 0. The van der Waals surface area contributed by atoms with Crippen LogP contribution in [0.3, 0.4) is 0 Å². The first kappa shape index (κ1) is 18.1. The molecular weight excluding hydrogens is 300 g/mol. The zero-order valence-electron chi connectivity index (χ0n) is 17.8. The zero-order chi connectivity index (χ0) is 18.0. The summed E-state index contributed by atoms with van der Waals surface area (Å²) >= 11 is 0. The van der Waals surface area contributed by atoms with Crippen LogP contribution in [0.2, 0.25) is 0 Å². The molecule has 0 heterocycles. The summed E-state index contributed by atoms with van der Waals surface area (Å²) in [5, 5.41) is 0. The van der Waals surface area contributed by atoms with E-state index in [1.165, 1.54) is 57.8 Å². The first-order chi connectivity index (χ1) is 11.6. The van der Waals surface area contributed by atoms with Gasteiger partial charge in [0.05, 0.1) is 0 Å². The van der Waals surface area contributed by atoms with Gasteiger partial charge in [-0.05, 0) is 104 Å². The molecule has 0 aromatic carbocycles.